The van der Waals surface area contributed by atoms with Crippen LogP contribution in [0.2, 0.25) is 0 Å². The van der Waals surface area contributed by atoms with Crippen LogP contribution in [0.25, 0.3) is 0 Å². The van der Waals surface area contributed by atoms with Crippen LogP contribution < -0.4 is 5.73 Å². The molecule has 1 aliphatic carbocycles. The number of nitrogens with zero attached hydrogens (tertiary/aromatic N) is 1. The molecule has 0 unspecified atom stereocenters. The zero-order chi connectivity index (χ0) is 17.4. The number of nitrogens with two attached hydrogens (primary N) is 1. The molecule has 0 bridgehead atoms. The van der Waals surface area contributed by atoms with Crippen molar-refractivity contribution in [3.05, 3.63) is 71.8 Å². The highest BCUT2D eigenvalue weighted by molar-refractivity contribution is 5.27. The van der Waals surface area contributed by atoms with E-state index >= 15 is 0 Å². The smallest absolute Gasteiger partial charge is 0.0598 e. The van der Waals surface area contributed by atoms with E-state index < -0.39 is 0 Å². The molecule has 1 saturated carbocycles. The first-order valence-corrected chi connectivity index (χ1v) is 8.60. The highest BCUT2D eigenvalue weighted by atomic mass is 15.1. The Labute approximate surface area is 146 Å². The van der Waals surface area contributed by atoms with E-state index in [0.29, 0.717) is 24.5 Å². The predicted molar refractivity (Wildman–Crippen MR) is 103 cm³/mol. The summed E-state index contributed by atoms with van der Waals surface area (Å²) in [4.78, 5) is 2.19. The van der Waals surface area contributed by atoms with Gasteiger partial charge in [-0.1, -0.05) is 66.6 Å². The van der Waals surface area contributed by atoms with Gasteiger partial charge in [-0.25, -0.2) is 0 Å². The summed E-state index contributed by atoms with van der Waals surface area (Å²) in [5.74, 6) is 3.31. The summed E-state index contributed by atoms with van der Waals surface area (Å²) in [6.45, 7) is 2.92. The highest BCUT2D eigenvalue weighted by Crippen LogP contribution is 2.38. The molecule has 24 heavy (non-hydrogen) atoms. The van der Waals surface area contributed by atoms with Gasteiger partial charge in [0.15, 0.2) is 0 Å². The lowest BCUT2D eigenvalue weighted by Gasteiger charge is -2.22. The van der Waals surface area contributed by atoms with Crippen molar-refractivity contribution >= 4 is 0 Å². The molecule has 0 spiro atoms. The van der Waals surface area contributed by atoms with Crippen LogP contribution >= 0.6 is 0 Å². The summed E-state index contributed by atoms with van der Waals surface area (Å²) in [5, 5.41) is 0. The van der Waals surface area contributed by atoms with Crippen LogP contribution in [0, 0.1) is 12.3 Å². The van der Waals surface area contributed by atoms with Gasteiger partial charge < -0.3 is 5.73 Å². The van der Waals surface area contributed by atoms with Crippen molar-refractivity contribution in [2.45, 2.75) is 37.8 Å². The quantitative estimate of drug-likeness (QED) is 0.852. The Hall–Kier alpha value is -2.08. The third-order valence-corrected chi connectivity index (χ3v) is 4.53. The number of hydrogen-bond acceptors (Lipinski definition) is 2. The van der Waals surface area contributed by atoms with Gasteiger partial charge in [0.2, 0.25) is 0 Å². The minimum Gasteiger partial charge on any atom is -0.327 e. The first-order chi connectivity index (χ1) is 11.6. The van der Waals surface area contributed by atoms with E-state index in [-0.39, 0.29) is 0 Å². The van der Waals surface area contributed by atoms with Crippen LogP contribution in [0.4, 0.5) is 0 Å². The van der Waals surface area contributed by atoms with E-state index in [4.69, 9.17) is 12.2 Å². The molecule has 3 rings (SSSR count). The van der Waals surface area contributed by atoms with Crippen LogP contribution in [0.1, 0.15) is 30.4 Å². The van der Waals surface area contributed by atoms with Crippen LogP contribution in [-0.4, -0.2) is 30.6 Å². The third-order valence-electron chi connectivity index (χ3n) is 4.53. The minimum absolute atomic E-state index is 0.433. The lowest BCUT2D eigenvalue weighted by atomic mass is 10.1. The number of terminal acetylenes is 1. The molecule has 2 nitrogen and oxygen atoms in total. The van der Waals surface area contributed by atoms with E-state index in [0.717, 1.165) is 6.42 Å². The standard InChI is InChI=1S/C13H17N.C9H11N/c1-4-10-14(3)12(2)11-13-8-6-5-7-9-13;10-9-6-8(9)7-4-2-1-3-5-7/h1,5-9,12H,10-11H2,2-3H3;1-5,8-9H,6,10H2/t12-;8-,9+/m10/s1. The Morgan fingerprint density at radius 3 is 2.17 bits per heavy atom. The molecule has 2 aromatic rings. The van der Waals surface area contributed by atoms with E-state index in [1.807, 2.05) is 12.1 Å². The normalized spacial score (nSPS) is 19.8. The van der Waals surface area contributed by atoms with Gasteiger partial charge in [-0.3, -0.25) is 4.90 Å². The fourth-order valence-electron chi connectivity index (χ4n) is 2.71. The van der Waals surface area contributed by atoms with Gasteiger partial charge >= 0.3 is 0 Å². The summed E-state index contributed by atoms with van der Waals surface area (Å²) in [5.41, 5.74) is 8.46. The second-order valence-corrected chi connectivity index (χ2v) is 6.57. The summed E-state index contributed by atoms with van der Waals surface area (Å²) in [6.07, 6.45) is 7.49. The maximum absolute atomic E-state index is 5.70. The molecule has 0 saturated heterocycles. The summed E-state index contributed by atoms with van der Waals surface area (Å²) in [6, 6.07) is 21.9. The molecule has 0 heterocycles. The van der Waals surface area contributed by atoms with E-state index in [9.17, 15) is 0 Å². The summed E-state index contributed by atoms with van der Waals surface area (Å²) >= 11 is 0. The molecule has 2 aromatic carbocycles. The minimum atomic E-state index is 0.433. The molecular formula is C22H28N2. The Balaban J connectivity index is 0.000000182. The monoisotopic (exact) mass is 320 g/mol. The maximum atomic E-state index is 5.70. The third kappa shape index (κ3) is 5.85. The first kappa shape index (κ1) is 18.3. The van der Waals surface area contributed by atoms with Gasteiger partial charge in [0.1, 0.15) is 0 Å². The van der Waals surface area contributed by atoms with Crippen LogP contribution in [0.15, 0.2) is 60.7 Å². The predicted octanol–water partition coefficient (Wildman–Crippen LogP) is 3.68. The fraction of sp³-hybridized carbons (Fsp3) is 0.364. The molecular weight excluding hydrogens is 292 g/mol. The highest BCUT2D eigenvalue weighted by Gasteiger charge is 2.34. The first-order valence-electron chi connectivity index (χ1n) is 8.60. The number of benzene rings is 2. The lowest BCUT2D eigenvalue weighted by Crippen LogP contribution is -2.31. The van der Waals surface area contributed by atoms with Crippen molar-refractivity contribution in [3.63, 3.8) is 0 Å². The van der Waals surface area contributed by atoms with Gasteiger partial charge in [0.05, 0.1) is 6.54 Å². The van der Waals surface area contributed by atoms with Crippen molar-refractivity contribution in [2.24, 2.45) is 5.73 Å². The van der Waals surface area contributed by atoms with E-state index in [2.05, 4.69) is 73.3 Å². The summed E-state index contributed by atoms with van der Waals surface area (Å²) in [7, 11) is 2.06. The van der Waals surface area contributed by atoms with Crippen molar-refractivity contribution < 1.29 is 0 Å². The Kier molecular flexibility index (Phi) is 7.06. The van der Waals surface area contributed by atoms with E-state index in [1.165, 1.54) is 17.5 Å². The largest absolute Gasteiger partial charge is 0.327 e. The average Bonchev–Trinajstić information content (AvgIpc) is 3.34. The SMILES string of the molecule is C#CCN(C)[C@H](C)Cc1ccccc1.N[C@@H]1C[C@H]1c1ccccc1. The Morgan fingerprint density at radius 1 is 1.12 bits per heavy atom. The number of hydrogen-bond donors (Lipinski definition) is 1. The molecule has 2 N–H and O–H groups in total. The molecule has 0 aliphatic heterocycles. The fourth-order valence-corrected chi connectivity index (χ4v) is 2.71. The molecule has 1 fully saturated rings. The number of rotatable bonds is 5. The second kappa shape index (κ2) is 9.27. The van der Waals surface area contributed by atoms with Crippen molar-refractivity contribution in [1.29, 1.82) is 0 Å². The van der Waals surface area contributed by atoms with Crippen molar-refractivity contribution in [2.75, 3.05) is 13.6 Å². The molecule has 0 radical (unpaired) electrons. The van der Waals surface area contributed by atoms with Crippen molar-refractivity contribution in [3.8, 4) is 12.3 Å². The Bertz CT molecular complexity index is 630. The molecule has 2 heteroatoms. The Morgan fingerprint density at radius 2 is 1.67 bits per heavy atom. The topological polar surface area (TPSA) is 29.3 Å². The second-order valence-electron chi connectivity index (χ2n) is 6.57. The number of likely N-dealkylation sites (N-methyl/N-ethyl adjacent to an activating group) is 1. The average molecular weight is 320 g/mol. The lowest BCUT2D eigenvalue weighted by molar-refractivity contribution is 0.287. The maximum Gasteiger partial charge on any atom is 0.0598 e. The zero-order valence-corrected chi connectivity index (χ0v) is 14.7. The summed E-state index contributed by atoms with van der Waals surface area (Å²) < 4.78 is 0. The molecule has 126 valence electrons. The van der Waals surface area contributed by atoms with Gasteiger partial charge in [0, 0.05) is 18.0 Å². The van der Waals surface area contributed by atoms with Gasteiger partial charge in [-0.05, 0) is 37.9 Å². The molecule has 0 amide bonds. The zero-order valence-electron chi connectivity index (χ0n) is 14.7. The van der Waals surface area contributed by atoms with Crippen LogP contribution in [0.5, 0.6) is 0 Å². The van der Waals surface area contributed by atoms with Crippen LogP contribution in [-0.2, 0) is 6.42 Å². The van der Waals surface area contributed by atoms with Crippen molar-refractivity contribution in [1.82, 2.24) is 4.90 Å². The molecule has 0 aromatic heterocycles. The molecule has 3 atom stereocenters. The van der Waals surface area contributed by atoms with E-state index in [1.54, 1.807) is 0 Å². The van der Waals surface area contributed by atoms with Gasteiger partial charge in [-0.15, -0.1) is 6.42 Å². The van der Waals surface area contributed by atoms with Crippen LogP contribution in [0.3, 0.4) is 0 Å². The van der Waals surface area contributed by atoms with Gasteiger partial charge in [-0.2, -0.15) is 0 Å². The molecule has 1 aliphatic rings. The van der Waals surface area contributed by atoms with Gasteiger partial charge in [0.25, 0.3) is 0 Å².